The summed E-state index contributed by atoms with van der Waals surface area (Å²) in [5.41, 5.74) is 4.82. The molecule has 0 saturated carbocycles. The molecule has 7 heteroatoms. The molecule has 0 saturated heterocycles. The van der Waals surface area contributed by atoms with Crippen LogP contribution in [0.1, 0.15) is 50.8 Å². The van der Waals surface area contributed by atoms with Crippen molar-refractivity contribution in [2.45, 2.75) is 59.2 Å². The molecule has 198 valence electrons. The second-order valence-electron chi connectivity index (χ2n) is 9.61. The fourth-order valence-electron chi connectivity index (χ4n) is 4.72. The molecule has 1 N–H and O–H groups in total. The van der Waals surface area contributed by atoms with Crippen molar-refractivity contribution in [1.82, 2.24) is 14.5 Å². The lowest BCUT2D eigenvalue weighted by molar-refractivity contribution is -0.385. The number of aromatic hydroxyl groups is 1. The van der Waals surface area contributed by atoms with E-state index in [1.165, 1.54) is 12.1 Å². The van der Waals surface area contributed by atoms with Gasteiger partial charge < -0.3 is 9.67 Å². The lowest BCUT2D eigenvalue weighted by Gasteiger charge is -2.24. The molecule has 0 unspecified atom stereocenters. The quantitative estimate of drug-likeness (QED) is 0.149. The minimum atomic E-state index is -0.533. The molecule has 7 nitrogen and oxygen atoms in total. The van der Waals surface area contributed by atoms with Gasteiger partial charge in [0.05, 0.1) is 16.3 Å². The Kier molecular flexibility index (Phi) is 9.27. The fourth-order valence-corrected chi connectivity index (χ4v) is 4.72. The number of nitrogens with zero attached hydrogens (tertiary/aromatic N) is 4. The Morgan fingerprint density at radius 2 is 1.55 bits per heavy atom. The van der Waals surface area contributed by atoms with E-state index in [9.17, 15) is 15.2 Å². The third-order valence-corrected chi connectivity index (χ3v) is 6.73. The van der Waals surface area contributed by atoms with E-state index < -0.39 is 4.92 Å². The summed E-state index contributed by atoms with van der Waals surface area (Å²) in [6.07, 6.45) is 4.16. The van der Waals surface area contributed by atoms with Crippen molar-refractivity contribution in [2.75, 3.05) is 6.54 Å². The Morgan fingerprint density at radius 3 is 2.18 bits per heavy atom. The molecule has 0 aliphatic heterocycles. The molecule has 1 heterocycles. The summed E-state index contributed by atoms with van der Waals surface area (Å²) in [6.45, 7) is 7.26. The van der Waals surface area contributed by atoms with Crippen molar-refractivity contribution in [3.63, 3.8) is 0 Å². The lowest BCUT2D eigenvalue weighted by atomic mass is 10.1. The van der Waals surface area contributed by atoms with Gasteiger partial charge in [0, 0.05) is 36.8 Å². The molecule has 1 aromatic heterocycles. The molecule has 0 atom stereocenters. The first-order valence-electron chi connectivity index (χ1n) is 13.4. The number of nitro benzene ring substituents is 1. The maximum absolute atomic E-state index is 11.4. The summed E-state index contributed by atoms with van der Waals surface area (Å²) < 4.78 is 2.36. The highest BCUT2D eigenvalue weighted by Gasteiger charge is 2.22. The Balaban J connectivity index is 1.79. The van der Waals surface area contributed by atoms with Crippen LogP contribution >= 0.6 is 0 Å². The summed E-state index contributed by atoms with van der Waals surface area (Å²) in [5, 5.41) is 21.4. The van der Waals surface area contributed by atoms with Gasteiger partial charge in [-0.15, -0.1) is 0 Å². The van der Waals surface area contributed by atoms with E-state index in [0.29, 0.717) is 13.1 Å². The molecule has 4 aromatic rings. The molecule has 0 radical (unpaired) electrons. The normalized spacial score (nSPS) is 11.2. The second-order valence-corrected chi connectivity index (χ2v) is 9.61. The van der Waals surface area contributed by atoms with E-state index >= 15 is 0 Å². The molecule has 38 heavy (non-hydrogen) atoms. The lowest BCUT2D eigenvalue weighted by Crippen LogP contribution is -2.26. The van der Waals surface area contributed by atoms with E-state index in [4.69, 9.17) is 4.98 Å². The van der Waals surface area contributed by atoms with Crippen molar-refractivity contribution in [2.24, 2.45) is 0 Å². The van der Waals surface area contributed by atoms with Gasteiger partial charge in [0.1, 0.15) is 5.82 Å². The minimum absolute atomic E-state index is 0.262. The van der Waals surface area contributed by atoms with Crippen LogP contribution in [0.5, 0.6) is 5.75 Å². The third-order valence-electron chi connectivity index (χ3n) is 6.73. The van der Waals surface area contributed by atoms with Crippen molar-refractivity contribution < 1.29 is 10.0 Å². The molecule has 0 spiro atoms. The number of hydrogen-bond donors (Lipinski definition) is 1. The van der Waals surface area contributed by atoms with Crippen LogP contribution in [0.2, 0.25) is 0 Å². The van der Waals surface area contributed by atoms with E-state index in [-0.39, 0.29) is 11.4 Å². The number of benzene rings is 3. The SMILES string of the molecule is CCCCN(Cc1ccc(O)c([N+](=O)[O-])c1)Cc1c(-c2ccccc2)nc(-c2ccccc2)n1CCCC. The van der Waals surface area contributed by atoms with Crippen LogP contribution in [0.25, 0.3) is 22.6 Å². The zero-order valence-electron chi connectivity index (χ0n) is 22.2. The molecule has 0 aliphatic rings. The molecule has 0 amide bonds. The zero-order chi connectivity index (χ0) is 26.9. The van der Waals surface area contributed by atoms with Crippen molar-refractivity contribution >= 4 is 5.69 Å². The first-order chi connectivity index (χ1) is 18.5. The molecular weight excluding hydrogens is 476 g/mol. The first kappa shape index (κ1) is 27.1. The van der Waals surface area contributed by atoms with Crippen LogP contribution in [0.3, 0.4) is 0 Å². The third kappa shape index (κ3) is 6.47. The van der Waals surface area contributed by atoms with Crippen LogP contribution in [-0.2, 0) is 19.6 Å². The monoisotopic (exact) mass is 512 g/mol. The highest BCUT2D eigenvalue weighted by atomic mass is 16.6. The summed E-state index contributed by atoms with van der Waals surface area (Å²) in [7, 11) is 0. The van der Waals surface area contributed by atoms with E-state index in [2.05, 4.69) is 47.6 Å². The minimum Gasteiger partial charge on any atom is -0.502 e. The van der Waals surface area contributed by atoms with Gasteiger partial charge in [0.2, 0.25) is 0 Å². The number of phenols is 1. The second kappa shape index (κ2) is 13.0. The topological polar surface area (TPSA) is 84.4 Å². The van der Waals surface area contributed by atoms with Crippen molar-refractivity contribution in [1.29, 1.82) is 0 Å². The number of imidazole rings is 1. The molecule has 0 aliphatic carbocycles. The van der Waals surface area contributed by atoms with Gasteiger partial charge in [-0.25, -0.2) is 4.98 Å². The van der Waals surface area contributed by atoms with Gasteiger partial charge in [0.25, 0.3) is 0 Å². The maximum Gasteiger partial charge on any atom is 0.311 e. The number of hydrogen-bond acceptors (Lipinski definition) is 5. The van der Waals surface area contributed by atoms with Gasteiger partial charge in [-0.05, 0) is 31.0 Å². The van der Waals surface area contributed by atoms with Crippen LogP contribution in [-0.4, -0.2) is 31.0 Å². The predicted octanol–water partition coefficient (Wildman–Crippen LogP) is 7.43. The fraction of sp³-hybridized carbons (Fsp3) is 0.323. The summed E-state index contributed by atoms with van der Waals surface area (Å²) in [5.74, 6) is 0.652. The molecular formula is C31H36N4O3. The van der Waals surface area contributed by atoms with Crippen molar-refractivity contribution in [3.05, 3.63) is 100 Å². The largest absolute Gasteiger partial charge is 0.502 e. The van der Waals surface area contributed by atoms with Crippen LogP contribution in [0.4, 0.5) is 5.69 Å². The number of phenolic OH excluding ortho intramolecular Hbond substituents is 1. The average molecular weight is 513 g/mol. The van der Waals surface area contributed by atoms with Gasteiger partial charge >= 0.3 is 5.69 Å². The first-order valence-corrected chi connectivity index (χ1v) is 13.4. The smallest absolute Gasteiger partial charge is 0.311 e. The van der Waals surface area contributed by atoms with Gasteiger partial charge in [-0.2, -0.15) is 0 Å². The Hall–Kier alpha value is -3.97. The number of unbranched alkanes of at least 4 members (excludes halogenated alkanes) is 2. The number of rotatable bonds is 13. The van der Waals surface area contributed by atoms with E-state index in [1.54, 1.807) is 6.07 Å². The summed E-state index contributed by atoms with van der Waals surface area (Å²) in [4.78, 5) is 18.4. The zero-order valence-corrected chi connectivity index (χ0v) is 22.2. The van der Waals surface area contributed by atoms with E-state index in [1.807, 2.05) is 36.4 Å². The summed E-state index contributed by atoms with van der Waals surface area (Å²) in [6, 6.07) is 25.3. The molecule has 4 rings (SSSR count). The summed E-state index contributed by atoms with van der Waals surface area (Å²) >= 11 is 0. The van der Waals surface area contributed by atoms with Crippen LogP contribution < -0.4 is 0 Å². The van der Waals surface area contributed by atoms with E-state index in [0.717, 1.165) is 72.7 Å². The molecule has 3 aromatic carbocycles. The standard InChI is InChI=1S/C31H36N4O3/c1-3-5-19-33(22-24-17-18-29(36)27(21-24)35(37)38)23-28-30(25-13-9-7-10-14-25)32-31(34(28)20-6-4-2)26-15-11-8-12-16-26/h7-18,21,36H,3-6,19-20,22-23H2,1-2H3. The van der Waals surface area contributed by atoms with Crippen molar-refractivity contribution in [3.8, 4) is 28.4 Å². The predicted molar refractivity (Wildman–Crippen MR) is 152 cm³/mol. The Bertz CT molecular complexity index is 1340. The number of nitro groups is 1. The van der Waals surface area contributed by atoms with Crippen LogP contribution in [0.15, 0.2) is 78.9 Å². The highest BCUT2D eigenvalue weighted by Crippen LogP contribution is 2.32. The van der Waals surface area contributed by atoms with Crippen LogP contribution in [0, 0.1) is 10.1 Å². The molecule has 0 bridgehead atoms. The maximum atomic E-state index is 11.4. The highest BCUT2D eigenvalue weighted by molar-refractivity contribution is 5.68. The van der Waals surface area contributed by atoms with Gasteiger partial charge in [-0.3, -0.25) is 15.0 Å². The Morgan fingerprint density at radius 1 is 0.895 bits per heavy atom. The number of aromatic nitrogens is 2. The molecule has 0 fully saturated rings. The average Bonchev–Trinajstić information content (AvgIpc) is 3.30. The Labute approximate surface area is 224 Å². The van der Waals surface area contributed by atoms with Gasteiger partial charge in [0.15, 0.2) is 5.75 Å². The van der Waals surface area contributed by atoms with Gasteiger partial charge in [-0.1, -0.05) is 93.4 Å².